The summed E-state index contributed by atoms with van der Waals surface area (Å²) in [5, 5.41) is 6.23. The molecule has 3 nitrogen and oxygen atoms in total. The zero-order valence-corrected chi connectivity index (χ0v) is 14.7. The molecular formula is C18H29ClN2O. The van der Waals surface area contributed by atoms with Gasteiger partial charge in [0.1, 0.15) is 0 Å². The van der Waals surface area contributed by atoms with E-state index in [1.807, 2.05) is 7.05 Å². The molecule has 1 aliphatic rings. The van der Waals surface area contributed by atoms with E-state index in [-0.39, 0.29) is 24.4 Å². The largest absolute Gasteiger partial charge is 0.349 e. The third-order valence-corrected chi connectivity index (χ3v) is 3.99. The van der Waals surface area contributed by atoms with E-state index < -0.39 is 0 Å². The quantitative estimate of drug-likeness (QED) is 0.768. The lowest BCUT2D eigenvalue weighted by atomic mass is 9.97. The van der Waals surface area contributed by atoms with Crippen LogP contribution in [-0.4, -0.2) is 19.5 Å². The highest BCUT2D eigenvalue weighted by Crippen LogP contribution is 2.41. The smallest absolute Gasteiger partial charge is 0.221 e. The van der Waals surface area contributed by atoms with Gasteiger partial charge in [-0.25, -0.2) is 0 Å². The summed E-state index contributed by atoms with van der Waals surface area (Å²) >= 11 is 0. The van der Waals surface area contributed by atoms with Crippen LogP contribution in [0.3, 0.4) is 0 Å². The second-order valence-corrected chi connectivity index (χ2v) is 6.58. The minimum atomic E-state index is 0. The number of benzene rings is 1. The van der Waals surface area contributed by atoms with Gasteiger partial charge in [-0.15, -0.1) is 12.4 Å². The van der Waals surface area contributed by atoms with E-state index in [1.165, 1.54) is 24.0 Å². The fourth-order valence-corrected chi connectivity index (χ4v) is 2.72. The zero-order chi connectivity index (χ0) is 15.2. The maximum atomic E-state index is 12.0. The summed E-state index contributed by atoms with van der Waals surface area (Å²) in [4.78, 5) is 12.0. The van der Waals surface area contributed by atoms with E-state index >= 15 is 0 Å². The van der Waals surface area contributed by atoms with Gasteiger partial charge in [-0.3, -0.25) is 4.79 Å². The van der Waals surface area contributed by atoms with Crippen molar-refractivity contribution in [1.82, 2.24) is 10.6 Å². The van der Waals surface area contributed by atoms with Crippen LogP contribution in [0.1, 0.15) is 50.3 Å². The molecule has 0 radical (unpaired) electrons. The number of rotatable bonds is 8. The number of hydrogen-bond donors (Lipinski definition) is 2. The van der Waals surface area contributed by atoms with Crippen molar-refractivity contribution in [3.8, 4) is 0 Å². The first kappa shape index (κ1) is 19.0. The third-order valence-electron chi connectivity index (χ3n) is 3.99. The zero-order valence-electron chi connectivity index (χ0n) is 13.9. The molecule has 124 valence electrons. The highest BCUT2D eigenvalue weighted by atomic mass is 35.5. The molecule has 1 unspecified atom stereocenters. The average molecular weight is 325 g/mol. The van der Waals surface area contributed by atoms with Crippen LogP contribution in [0.4, 0.5) is 0 Å². The Bertz CT molecular complexity index is 455. The van der Waals surface area contributed by atoms with Crippen LogP contribution < -0.4 is 10.6 Å². The molecule has 1 aliphatic carbocycles. The van der Waals surface area contributed by atoms with Gasteiger partial charge >= 0.3 is 0 Å². The van der Waals surface area contributed by atoms with Crippen molar-refractivity contribution < 1.29 is 4.79 Å². The predicted molar refractivity (Wildman–Crippen MR) is 94.4 cm³/mol. The summed E-state index contributed by atoms with van der Waals surface area (Å²) in [5.74, 6) is 1.45. The average Bonchev–Trinajstić information content (AvgIpc) is 3.27. The Morgan fingerprint density at radius 1 is 1.23 bits per heavy atom. The van der Waals surface area contributed by atoms with Gasteiger partial charge in [-0.2, -0.15) is 0 Å². The van der Waals surface area contributed by atoms with E-state index in [2.05, 4.69) is 48.7 Å². The SMILES string of the molecule is CNCCC(=O)NC(c1ccc(CC(C)C)cc1)C1CC1.Cl. The Hall–Kier alpha value is -1.06. The Balaban J connectivity index is 0.00000242. The van der Waals surface area contributed by atoms with Crippen LogP contribution in [0.2, 0.25) is 0 Å². The Morgan fingerprint density at radius 2 is 1.86 bits per heavy atom. The number of amides is 1. The van der Waals surface area contributed by atoms with E-state index in [4.69, 9.17) is 0 Å². The minimum Gasteiger partial charge on any atom is -0.349 e. The first-order valence-electron chi connectivity index (χ1n) is 8.13. The van der Waals surface area contributed by atoms with Crippen molar-refractivity contribution in [1.29, 1.82) is 0 Å². The molecule has 1 aromatic rings. The molecule has 1 fully saturated rings. The molecule has 1 aromatic carbocycles. The molecule has 0 heterocycles. The predicted octanol–water partition coefficient (Wildman–Crippen LogP) is 3.48. The molecule has 0 aliphatic heterocycles. The standard InChI is InChI=1S/C18H28N2O.ClH/c1-13(2)12-14-4-6-15(7-5-14)18(16-8-9-16)20-17(21)10-11-19-3;/h4-7,13,16,18-19H,8-12H2,1-3H3,(H,20,21);1H. The van der Waals surface area contributed by atoms with Crippen LogP contribution >= 0.6 is 12.4 Å². The van der Waals surface area contributed by atoms with Gasteiger partial charge < -0.3 is 10.6 Å². The van der Waals surface area contributed by atoms with Crippen LogP contribution in [0.25, 0.3) is 0 Å². The Kier molecular flexibility index (Phi) is 7.91. The van der Waals surface area contributed by atoms with Crippen molar-refractivity contribution in [2.24, 2.45) is 11.8 Å². The Labute approximate surface area is 140 Å². The molecule has 2 rings (SSSR count). The summed E-state index contributed by atoms with van der Waals surface area (Å²) in [6.07, 6.45) is 4.11. The molecule has 4 heteroatoms. The molecular weight excluding hydrogens is 296 g/mol. The monoisotopic (exact) mass is 324 g/mol. The van der Waals surface area contributed by atoms with Crippen molar-refractivity contribution in [3.63, 3.8) is 0 Å². The summed E-state index contributed by atoms with van der Waals surface area (Å²) < 4.78 is 0. The minimum absolute atomic E-state index is 0. The van der Waals surface area contributed by atoms with Crippen molar-refractivity contribution >= 4 is 18.3 Å². The van der Waals surface area contributed by atoms with Gasteiger partial charge in [-0.1, -0.05) is 38.1 Å². The molecule has 22 heavy (non-hydrogen) atoms. The van der Waals surface area contributed by atoms with Gasteiger partial charge in [0.25, 0.3) is 0 Å². The second-order valence-electron chi connectivity index (χ2n) is 6.58. The molecule has 1 saturated carbocycles. The molecule has 0 aromatic heterocycles. The van der Waals surface area contributed by atoms with Crippen molar-refractivity contribution in [2.45, 2.75) is 45.6 Å². The molecule has 0 saturated heterocycles. The van der Waals surface area contributed by atoms with Crippen LogP contribution in [-0.2, 0) is 11.2 Å². The number of carbonyl (C=O) groups is 1. The number of carbonyl (C=O) groups excluding carboxylic acids is 1. The number of hydrogen-bond acceptors (Lipinski definition) is 2. The maximum absolute atomic E-state index is 12.0. The van der Waals surface area contributed by atoms with Gasteiger partial charge in [0.15, 0.2) is 0 Å². The van der Waals surface area contributed by atoms with E-state index in [1.54, 1.807) is 0 Å². The highest BCUT2D eigenvalue weighted by Gasteiger charge is 2.33. The number of nitrogens with one attached hydrogen (secondary N) is 2. The molecule has 2 N–H and O–H groups in total. The van der Waals surface area contributed by atoms with Crippen molar-refractivity contribution in [2.75, 3.05) is 13.6 Å². The fraction of sp³-hybridized carbons (Fsp3) is 0.611. The van der Waals surface area contributed by atoms with Crippen LogP contribution in [0, 0.1) is 11.8 Å². The Morgan fingerprint density at radius 3 is 2.36 bits per heavy atom. The van der Waals surface area contributed by atoms with Gasteiger partial charge in [-0.05, 0) is 49.3 Å². The lowest BCUT2D eigenvalue weighted by Gasteiger charge is -2.19. The highest BCUT2D eigenvalue weighted by molar-refractivity contribution is 5.85. The van der Waals surface area contributed by atoms with Gasteiger partial charge in [0.2, 0.25) is 5.91 Å². The van der Waals surface area contributed by atoms with E-state index in [0.29, 0.717) is 18.3 Å². The lowest BCUT2D eigenvalue weighted by molar-refractivity contribution is -0.121. The first-order chi connectivity index (χ1) is 10.1. The van der Waals surface area contributed by atoms with Gasteiger partial charge in [0.05, 0.1) is 6.04 Å². The lowest BCUT2D eigenvalue weighted by Crippen LogP contribution is -2.31. The van der Waals surface area contributed by atoms with E-state index in [0.717, 1.165) is 13.0 Å². The molecule has 1 amide bonds. The topological polar surface area (TPSA) is 41.1 Å². The maximum Gasteiger partial charge on any atom is 0.221 e. The summed E-state index contributed by atoms with van der Waals surface area (Å²) in [6, 6.07) is 9.01. The summed E-state index contributed by atoms with van der Waals surface area (Å²) in [5.41, 5.74) is 2.63. The fourth-order valence-electron chi connectivity index (χ4n) is 2.72. The normalized spacial score (nSPS) is 15.3. The number of halogens is 1. The molecule has 0 bridgehead atoms. The molecule has 0 spiro atoms. The molecule has 1 atom stereocenters. The van der Waals surface area contributed by atoms with Crippen LogP contribution in [0.5, 0.6) is 0 Å². The summed E-state index contributed by atoms with van der Waals surface area (Å²) in [7, 11) is 1.87. The third kappa shape index (κ3) is 5.98. The first-order valence-corrected chi connectivity index (χ1v) is 8.13. The van der Waals surface area contributed by atoms with Gasteiger partial charge in [0, 0.05) is 13.0 Å². The van der Waals surface area contributed by atoms with E-state index in [9.17, 15) is 4.79 Å². The van der Waals surface area contributed by atoms with Crippen LogP contribution in [0.15, 0.2) is 24.3 Å². The van der Waals surface area contributed by atoms with Crippen molar-refractivity contribution in [3.05, 3.63) is 35.4 Å². The second kappa shape index (κ2) is 9.16. The summed E-state index contributed by atoms with van der Waals surface area (Å²) in [6.45, 7) is 5.21.